The lowest BCUT2D eigenvalue weighted by Gasteiger charge is -2.06. The summed E-state index contributed by atoms with van der Waals surface area (Å²) >= 11 is 0. The van der Waals surface area contributed by atoms with Gasteiger partial charge in [-0.3, -0.25) is 9.59 Å². The number of carbonyl (C=O) groups excluding carboxylic acids is 3. The quantitative estimate of drug-likeness (QED) is 0.413. The molecule has 0 spiro atoms. The second-order valence-corrected chi connectivity index (χ2v) is 5.62. The van der Waals surface area contributed by atoms with Crippen LogP contribution in [0.1, 0.15) is 29.8 Å². The van der Waals surface area contributed by atoms with Crippen LogP contribution in [0, 0.1) is 0 Å². The van der Waals surface area contributed by atoms with Gasteiger partial charge in [0.1, 0.15) is 5.75 Å². The van der Waals surface area contributed by atoms with Crippen LogP contribution >= 0.6 is 0 Å². The molecule has 2 aromatic rings. The molecule has 146 valence electrons. The number of hydrazone groups is 1. The maximum atomic E-state index is 12.1. The van der Waals surface area contributed by atoms with Crippen molar-refractivity contribution in [2.45, 2.75) is 13.8 Å². The van der Waals surface area contributed by atoms with Crippen LogP contribution in [-0.4, -0.2) is 37.2 Å². The van der Waals surface area contributed by atoms with E-state index in [2.05, 4.69) is 15.8 Å². The van der Waals surface area contributed by atoms with Crippen molar-refractivity contribution < 1.29 is 23.9 Å². The number of benzene rings is 2. The molecule has 0 unspecified atom stereocenters. The van der Waals surface area contributed by atoms with Gasteiger partial charge >= 0.3 is 5.97 Å². The number of hydrogen-bond acceptors (Lipinski definition) is 6. The van der Waals surface area contributed by atoms with E-state index in [-0.39, 0.29) is 12.5 Å². The van der Waals surface area contributed by atoms with E-state index < -0.39 is 11.9 Å². The Morgan fingerprint density at radius 2 is 1.86 bits per heavy atom. The van der Waals surface area contributed by atoms with E-state index in [1.807, 2.05) is 0 Å². The molecule has 0 saturated heterocycles. The van der Waals surface area contributed by atoms with Gasteiger partial charge in [-0.25, -0.2) is 10.2 Å². The van der Waals surface area contributed by atoms with Gasteiger partial charge in [0.05, 0.1) is 12.8 Å². The molecule has 0 atom stereocenters. The number of nitrogens with zero attached hydrogens (tertiary/aromatic N) is 1. The van der Waals surface area contributed by atoms with Gasteiger partial charge in [-0.1, -0.05) is 6.07 Å². The van der Waals surface area contributed by atoms with Crippen LogP contribution in [0.15, 0.2) is 53.6 Å². The maximum absolute atomic E-state index is 12.1. The van der Waals surface area contributed by atoms with Gasteiger partial charge in [0.15, 0.2) is 6.61 Å². The molecule has 0 bridgehead atoms. The molecule has 0 aliphatic rings. The van der Waals surface area contributed by atoms with E-state index in [4.69, 9.17) is 9.47 Å². The minimum atomic E-state index is -0.432. The number of carbonyl (C=O) groups is 3. The third-order valence-electron chi connectivity index (χ3n) is 3.37. The van der Waals surface area contributed by atoms with Crippen molar-refractivity contribution in [3.63, 3.8) is 0 Å². The molecular formula is C20H21N3O5. The predicted octanol–water partition coefficient (Wildman–Crippen LogP) is 2.35. The second kappa shape index (κ2) is 10.5. The molecule has 8 heteroatoms. The largest absolute Gasteiger partial charge is 0.482 e. The first kappa shape index (κ1) is 20.6. The lowest BCUT2D eigenvalue weighted by Crippen LogP contribution is -2.18. The first-order valence-electron chi connectivity index (χ1n) is 8.57. The zero-order chi connectivity index (χ0) is 20.4. The predicted molar refractivity (Wildman–Crippen MR) is 104 cm³/mol. The summed E-state index contributed by atoms with van der Waals surface area (Å²) in [7, 11) is 0. The molecule has 0 aliphatic carbocycles. The number of rotatable bonds is 8. The Balaban J connectivity index is 1.87. The van der Waals surface area contributed by atoms with Gasteiger partial charge in [0, 0.05) is 18.2 Å². The molecular weight excluding hydrogens is 362 g/mol. The molecule has 0 heterocycles. The van der Waals surface area contributed by atoms with Gasteiger partial charge in [0.25, 0.3) is 5.91 Å². The average molecular weight is 383 g/mol. The number of amides is 2. The lowest BCUT2D eigenvalue weighted by molar-refractivity contribution is -0.145. The van der Waals surface area contributed by atoms with Crippen LogP contribution in [0.5, 0.6) is 5.75 Å². The monoisotopic (exact) mass is 383 g/mol. The summed E-state index contributed by atoms with van der Waals surface area (Å²) in [5.74, 6) is -0.537. The van der Waals surface area contributed by atoms with E-state index in [1.165, 1.54) is 13.1 Å². The number of ether oxygens (including phenoxy) is 2. The molecule has 2 aromatic carbocycles. The summed E-state index contributed by atoms with van der Waals surface area (Å²) in [5.41, 5.74) is 4.05. The molecule has 8 nitrogen and oxygen atoms in total. The van der Waals surface area contributed by atoms with E-state index >= 15 is 0 Å². The molecule has 2 N–H and O–H groups in total. The number of esters is 1. The zero-order valence-electron chi connectivity index (χ0n) is 15.6. The third-order valence-corrected chi connectivity index (χ3v) is 3.37. The van der Waals surface area contributed by atoms with Crippen LogP contribution in [0.4, 0.5) is 5.69 Å². The van der Waals surface area contributed by atoms with Crippen molar-refractivity contribution in [3.05, 3.63) is 59.7 Å². The molecule has 0 aliphatic heterocycles. The summed E-state index contributed by atoms with van der Waals surface area (Å²) < 4.78 is 10.1. The van der Waals surface area contributed by atoms with Crippen LogP contribution < -0.4 is 15.5 Å². The Morgan fingerprint density at radius 3 is 2.54 bits per heavy atom. The number of anilines is 1. The van der Waals surface area contributed by atoms with Crippen LogP contribution in [0.3, 0.4) is 0 Å². The Bertz CT molecular complexity index is 862. The fourth-order valence-electron chi connectivity index (χ4n) is 2.17. The summed E-state index contributed by atoms with van der Waals surface area (Å²) in [6.07, 6.45) is 1.48. The highest BCUT2D eigenvalue weighted by molar-refractivity contribution is 5.97. The van der Waals surface area contributed by atoms with Crippen molar-refractivity contribution in [1.29, 1.82) is 0 Å². The average Bonchev–Trinajstić information content (AvgIpc) is 2.67. The number of hydrogen-bond donors (Lipinski definition) is 2. The summed E-state index contributed by atoms with van der Waals surface area (Å²) in [6.45, 7) is 3.27. The van der Waals surface area contributed by atoms with Crippen molar-refractivity contribution in [2.24, 2.45) is 5.10 Å². The highest BCUT2D eigenvalue weighted by Gasteiger charge is 2.06. The van der Waals surface area contributed by atoms with Crippen LogP contribution in [-0.2, 0) is 14.3 Å². The van der Waals surface area contributed by atoms with E-state index in [0.29, 0.717) is 23.6 Å². The third kappa shape index (κ3) is 6.91. The lowest BCUT2D eigenvalue weighted by atomic mass is 10.2. The van der Waals surface area contributed by atoms with Crippen LogP contribution in [0.2, 0.25) is 0 Å². The van der Waals surface area contributed by atoms with Crippen LogP contribution in [0.25, 0.3) is 0 Å². The molecule has 0 saturated carbocycles. The summed E-state index contributed by atoms with van der Waals surface area (Å²) in [6, 6.07) is 13.3. The Labute approximate surface area is 162 Å². The molecule has 2 rings (SSSR count). The van der Waals surface area contributed by atoms with Crippen molar-refractivity contribution in [2.75, 3.05) is 18.5 Å². The van der Waals surface area contributed by atoms with E-state index in [9.17, 15) is 14.4 Å². The van der Waals surface area contributed by atoms with Gasteiger partial charge in [0.2, 0.25) is 5.91 Å². The number of nitrogens with one attached hydrogen (secondary N) is 2. The smallest absolute Gasteiger partial charge is 0.344 e. The van der Waals surface area contributed by atoms with Crippen molar-refractivity contribution in [3.8, 4) is 5.75 Å². The Kier molecular flexibility index (Phi) is 7.71. The molecule has 0 aromatic heterocycles. The van der Waals surface area contributed by atoms with Gasteiger partial charge in [-0.2, -0.15) is 5.10 Å². The highest BCUT2D eigenvalue weighted by Crippen LogP contribution is 2.12. The minimum Gasteiger partial charge on any atom is -0.482 e. The van der Waals surface area contributed by atoms with Gasteiger partial charge in [-0.05, 0) is 55.0 Å². The molecule has 2 amide bonds. The first-order valence-corrected chi connectivity index (χ1v) is 8.57. The molecule has 0 radical (unpaired) electrons. The fourth-order valence-corrected chi connectivity index (χ4v) is 2.17. The van der Waals surface area contributed by atoms with E-state index in [0.717, 1.165) is 5.56 Å². The minimum absolute atomic E-state index is 0.158. The second-order valence-electron chi connectivity index (χ2n) is 5.62. The van der Waals surface area contributed by atoms with Crippen molar-refractivity contribution >= 4 is 29.7 Å². The maximum Gasteiger partial charge on any atom is 0.344 e. The normalized spacial score (nSPS) is 10.4. The highest BCUT2D eigenvalue weighted by atomic mass is 16.6. The first-order chi connectivity index (χ1) is 13.5. The zero-order valence-corrected chi connectivity index (χ0v) is 15.6. The topological polar surface area (TPSA) is 106 Å². The SMILES string of the molecule is CCOC(=O)COc1ccc(/C=N\NC(=O)c2cccc(NC(C)=O)c2)cc1. The Hall–Kier alpha value is -3.68. The van der Waals surface area contributed by atoms with Crippen molar-refractivity contribution in [1.82, 2.24) is 5.43 Å². The van der Waals surface area contributed by atoms with E-state index in [1.54, 1.807) is 55.5 Å². The molecule has 28 heavy (non-hydrogen) atoms. The van der Waals surface area contributed by atoms with Gasteiger partial charge < -0.3 is 14.8 Å². The molecule has 0 fully saturated rings. The standard InChI is InChI=1S/C20H21N3O5/c1-3-27-19(25)13-28-18-9-7-15(8-10-18)12-21-23-20(26)16-5-4-6-17(11-16)22-14(2)24/h4-12H,3,13H2,1-2H3,(H,22,24)(H,23,26)/b21-12-. The fraction of sp³-hybridized carbons (Fsp3) is 0.200. The summed E-state index contributed by atoms with van der Waals surface area (Å²) in [5, 5.41) is 6.52. The van der Waals surface area contributed by atoms with Gasteiger partial charge in [-0.15, -0.1) is 0 Å². The Morgan fingerprint density at radius 1 is 1.11 bits per heavy atom. The summed E-state index contributed by atoms with van der Waals surface area (Å²) in [4.78, 5) is 34.5.